The van der Waals surface area contributed by atoms with Gasteiger partial charge in [-0.25, -0.2) is 19.2 Å². The molecule has 4 aliphatic carbocycles. The molecule has 4 bridgehead atoms. The second-order valence-corrected chi connectivity index (χ2v) is 12.1. The predicted molar refractivity (Wildman–Crippen MR) is 138 cm³/mol. The van der Waals surface area contributed by atoms with Crippen molar-refractivity contribution < 1.29 is 13.9 Å². The molecule has 196 valence electrons. The number of amides is 2. The highest BCUT2D eigenvalue weighted by Crippen LogP contribution is 2.55. The van der Waals surface area contributed by atoms with Gasteiger partial charge < -0.3 is 19.9 Å². The van der Waals surface area contributed by atoms with Gasteiger partial charge in [0.05, 0.1) is 25.5 Å². The zero-order valence-electron chi connectivity index (χ0n) is 21.4. The van der Waals surface area contributed by atoms with Crippen LogP contribution in [-0.4, -0.2) is 59.3 Å². The van der Waals surface area contributed by atoms with E-state index >= 15 is 0 Å². The quantitative estimate of drug-likeness (QED) is 0.678. The highest BCUT2D eigenvalue weighted by atomic mass is 19.1. The fraction of sp³-hybridized carbons (Fsp3) is 0.621. The maximum Gasteiger partial charge on any atom is 0.318 e. The van der Waals surface area contributed by atoms with Crippen molar-refractivity contribution in [3.63, 3.8) is 0 Å². The Labute approximate surface area is 217 Å². The van der Waals surface area contributed by atoms with Crippen molar-refractivity contribution >= 4 is 11.8 Å². The van der Waals surface area contributed by atoms with Crippen molar-refractivity contribution in [1.29, 1.82) is 0 Å². The highest BCUT2D eigenvalue weighted by molar-refractivity contribution is 5.76. The molecule has 6 aliphatic rings. The maximum absolute atomic E-state index is 13.8. The van der Waals surface area contributed by atoms with Crippen LogP contribution in [0.25, 0.3) is 0 Å². The molecule has 1 N–H and O–H groups in total. The van der Waals surface area contributed by atoms with E-state index in [0.717, 1.165) is 72.7 Å². The van der Waals surface area contributed by atoms with Gasteiger partial charge in [0.15, 0.2) is 0 Å². The molecular weight excluding hydrogens is 469 g/mol. The number of halogens is 1. The highest BCUT2D eigenvalue weighted by Gasteiger charge is 2.52. The Balaban J connectivity index is 1.14. The molecule has 0 unspecified atom stereocenters. The number of nitrogens with zero attached hydrogens (tertiary/aromatic N) is 4. The second-order valence-electron chi connectivity index (χ2n) is 12.1. The monoisotopic (exact) mass is 505 g/mol. The SMILES string of the molecule is O=C(NC12CC3CC(CC(C3)C1)C2)N1CCc2nc(Cc3cccc(F)c3)nc(N3CCOCC3)c2C1. The van der Waals surface area contributed by atoms with Crippen LogP contribution in [0.2, 0.25) is 0 Å². The van der Waals surface area contributed by atoms with Crippen molar-refractivity contribution in [2.75, 3.05) is 37.7 Å². The zero-order valence-corrected chi connectivity index (χ0v) is 21.4. The Morgan fingerprint density at radius 2 is 1.78 bits per heavy atom. The molecule has 2 aromatic rings. The number of anilines is 1. The Morgan fingerprint density at radius 1 is 1.05 bits per heavy atom. The number of carbonyl (C=O) groups is 1. The molecule has 5 fully saturated rings. The summed E-state index contributed by atoms with van der Waals surface area (Å²) < 4.78 is 19.4. The summed E-state index contributed by atoms with van der Waals surface area (Å²) in [6.07, 6.45) is 8.75. The van der Waals surface area contributed by atoms with Crippen LogP contribution in [0.1, 0.15) is 61.2 Å². The fourth-order valence-corrected chi connectivity index (χ4v) is 8.13. The third kappa shape index (κ3) is 4.58. The van der Waals surface area contributed by atoms with Crippen molar-refractivity contribution in [2.24, 2.45) is 17.8 Å². The smallest absolute Gasteiger partial charge is 0.318 e. The average Bonchev–Trinajstić information content (AvgIpc) is 2.87. The molecule has 8 rings (SSSR count). The van der Waals surface area contributed by atoms with Gasteiger partial charge in [-0.3, -0.25) is 0 Å². The molecule has 0 atom stereocenters. The summed E-state index contributed by atoms with van der Waals surface area (Å²) in [5.41, 5.74) is 2.93. The van der Waals surface area contributed by atoms with Crippen LogP contribution in [0.5, 0.6) is 0 Å². The molecule has 4 saturated carbocycles. The van der Waals surface area contributed by atoms with Gasteiger partial charge in [0.25, 0.3) is 0 Å². The molecule has 1 aromatic heterocycles. The van der Waals surface area contributed by atoms with E-state index in [1.54, 1.807) is 12.1 Å². The van der Waals surface area contributed by atoms with Gasteiger partial charge >= 0.3 is 6.03 Å². The average molecular weight is 506 g/mol. The van der Waals surface area contributed by atoms with Gasteiger partial charge in [-0.1, -0.05) is 12.1 Å². The molecule has 2 aliphatic heterocycles. The first-order chi connectivity index (χ1) is 18.0. The van der Waals surface area contributed by atoms with Gasteiger partial charge in [-0.15, -0.1) is 0 Å². The number of ether oxygens (including phenoxy) is 1. The Kier molecular flexibility index (Phi) is 5.83. The molecule has 0 radical (unpaired) electrons. The van der Waals surface area contributed by atoms with Gasteiger partial charge in [0.2, 0.25) is 0 Å². The van der Waals surface area contributed by atoms with Gasteiger partial charge in [0.1, 0.15) is 17.5 Å². The summed E-state index contributed by atoms with van der Waals surface area (Å²) in [6.45, 7) is 4.04. The number of hydrogen-bond acceptors (Lipinski definition) is 5. The normalized spacial score (nSPS) is 30.4. The molecule has 1 saturated heterocycles. The summed E-state index contributed by atoms with van der Waals surface area (Å²) in [5, 5.41) is 3.55. The zero-order chi connectivity index (χ0) is 25.0. The van der Waals surface area contributed by atoms with E-state index in [1.165, 1.54) is 25.3 Å². The number of nitrogens with one attached hydrogen (secondary N) is 1. The molecule has 3 heterocycles. The van der Waals surface area contributed by atoms with Gasteiger partial charge in [-0.05, 0) is 74.0 Å². The van der Waals surface area contributed by atoms with Crippen LogP contribution in [0, 0.1) is 23.6 Å². The Morgan fingerprint density at radius 3 is 2.49 bits per heavy atom. The van der Waals surface area contributed by atoms with E-state index in [9.17, 15) is 9.18 Å². The Bertz CT molecular complexity index is 1160. The number of hydrogen-bond donors (Lipinski definition) is 1. The largest absolute Gasteiger partial charge is 0.378 e. The lowest BCUT2D eigenvalue weighted by molar-refractivity contribution is -0.0159. The fourth-order valence-electron chi connectivity index (χ4n) is 8.13. The predicted octanol–water partition coefficient (Wildman–Crippen LogP) is 4.08. The minimum Gasteiger partial charge on any atom is -0.378 e. The number of rotatable bonds is 4. The number of urea groups is 1. The molecule has 1 aromatic carbocycles. The first-order valence-corrected chi connectivity index (χ1v) is 14.0. The van der Waals surface area contributed by atoms with Crippen molar-refractivity contribution in [1.82, 2.24) is 20.2 Å². The van der Waals surface area contributed by atoms with E-state index in [1.807, 2.05) is 11.0 Å². The first kappa shape index (κ1) is 23.4. The molecular formula is C29H36FN5O2. The second kappa shape index (κ2) is 9.22. The number of morpholine rings is 1. The summed E-state index contributed by atoms with van der Waals surface area (Å²) in [6, 6.07) is 6.72. The van der Waals surface area contributed by atoms with E-state index in [0.29, 0.717) is 45.0 Å². The van der Waals surface area contributed by atoms with Gasteiger partial charge in [0, 0.05) is 43.6 Å². The van der Waals surface area contributed by atoms with Crippen LogP contribution in [-0.2, 0) is 24.1 Å². The van der Waals surface area contributed by atoms with Crippen molar-refractivity contribution in [3.05, 3.63) is 52.7 Å². The molecule has 0 spiro atoms. The van der Waals surface area contributed by atoms with E-state index in [2.05, 4.69) is 10.2 Å². The molecule has 8 heteroatoms. The molecule has 2 amide bonds. The third-order valence-electron chi connectivity index (χ3n) is 9.34. The van der Waals surface area contributed by atoms with E-state index < -0.39 is 0 Å². The first-order valence-electron chi connectivity index (χ1n) is 14.0. The van der Waals surface area contributed by atoms with Crippen LogP contribution in [0.4, 0.5) is 15.0 Å². The van der Waals surface area contributed by atoms with Crippen molar-refractivity contribution in [3.8, 4) is 0 Å². The summed E-state index contributed by atoms with van der Waals surface area (Å²) in [5.74, 6) is 3.76. The summed E-state index contributed by atoms with van der Waals surface area (Å²) >= 11 is 0. The minimum absolute atomic E-state index is 0.00443. The van der Waals surface area contributed by atoms with Gasteiger partial charge in [-0.2, -0.15) is 0 Å². The lowest BCUT2D eigenvalue weighted by Crippen LogP contribution is -2.62. The third-order valence-corrected chi connectivity index (χ3v) is 9.34. The van der Waals surface area contributed by atoms with Crippen LogP contribution in [0.3, 0.4) is 0 Å². The van der Waals surface area contributed by atoms with E-state index in [4.69, 9.17) is 14.7 Å². The van der Waals surface area contributed by atoms with Crippen LogP contribution < -0.4 is 10.2 Å². The maximum atomic E-state index is 13.8. The minimum atomic E-state index is -0.246. The lowest BCUT2D eigenvalue weighted by Gasteiger charge is -2.57. The van der Waals surface area contributed by atoms with E-state index in [-0.39, 0.29) is 17.4 Å². The van der Waals surface area contributed by atoms with Crippen LogP contribution in [0.15, 0.2) is 24.3 Å². The number of carbonyl (C=O) groups excluding carboxylic acids is 1. The number of aromatic nitrogens is 2. The van der Waals surface area contributed by atoms with Crippen LogP contribution >= 0.6 is 0 Å². The standard InChI is InChI=1S/C29H36FN5O2/c30-23-3-1-2-19(13-23)14-26-31-25-4-5-35(18-24(25)27(32-26)34-6-8-37-9-7-34)28(36)33-29-15-20-10-21(16-29)12-22(11-20)17-29/h1-3,13,20-22H,4-12,14-18H2,(H,33,36). The number of benzene rings is 1. The summed E-state index contributed by atoms with van der Waals surface area (Å²) in [4.78, 5) is 27.8. The van der Waals surface area contributed by atoms with Crippen molar-refractivity contribution in [2.45, 2.75) is 63.5 Å². The lowest BCUT2D eigenvalue weighted by atomic mass is 9.53. The topological polar surface area (TPSA) is 70.6 Å². The number of fused-ring (bicyclic) bond motifs is 1. The molecule has 7 nitrogen and oxygen atoms in total. The Hall–Kier alpha value is -2.74. The molecule has 37 heavy (non-hydrogen) atoms. The summed E-state index contributed by atoms with van der Waals surface area (Å²) in [7, 11) is 0.